The first-order valence-corrected chi connectivity index (χ1v) is 8.71. The molecular weight excluding hydrogens is 346 g/mol. The topological polar surface area (TPSA) is 91.2 Å². The number of carbonyl (C=O) groups excluding carboxylic acids is 2. The monoisotopic (exact) mass is 369 g/mol. The molecule has 0 fully saturated rings. The van der Waals surface area contributed by atoms with Gasteiger partial charge in [-0.25, -0.2) is 9.59 Å². The van der Waals surface area contributed by atoms with Gasteiger partial charge in [0, 0.05) is 12.2 Å². The lowest BCUT2D eigenvalue weighted by Crippen LogP contribution is -2.45. The summed E-state index contributed by atoms with van der Waals surface area (Å²) in [5.41, 5.74) is 3.42. The molecule has 0 saturated heterocycles. The molecule has 0 spiro atoms. The molecule has 1 atom stereocenters. The molecule has 2 aromatic rings. The van der Waals surface area contributed by atoms with Gasteiger partial charge in [-0.2, -0.15) is 4.99 Å². The van der Waals surface area contributed by atoms with Gasteiger partial charge < -0.3 is 15.2 Å². The molecule has 7 heteroatoms. The maximum atomic E-state index is 11.8. The fraction of sp³-hybridized carbons (Fsp3) is 0.300. The second-order valence-electron chi connectivity index (χ2n) is 5.75. The zero-order valence-electron chi connectivity index (χ0n) is 15.4. The van der Waals surface area contributed by atoms with Crippen LogP contribution in [-0.2, 0) is 16.0 Å². The van der Waals surface area contributed by atoms with Crippen molar-refractivity contribution in [3.05, 3.63) is 59.7 Å². The van der Waals surface area contributed by atoms with Crippen LogP contribution in [0.5, 0.6) is 0 Å². The average Bonchev–Trinajstić information content (AvgIpc) is 2.66. The Balaban J connectivity index is 1.97. The quantitative estimate of drug-likeness (QED) is 0.423. The lowest BCUT2D eigenvalue weighted by molar-refractivity contribution is 0.0202. The first-order chi connectivity index (χ1) is 13.1. The molecule has 142 valence electrons. The summed E-state index contributed by atoms with van der Waals surface area (Å²) in [6, 6.07) is 14.9. The summed E-state index contributed by atoms with van der Waals surface area (Å²) in [5.74, 6) is 0. The van der Waals surface area contributed by atoms with E-state index in [4.69, 9.17) is 4.74 Å². The van der Waals surface area contributed by atoms with E-state index in [1.165, 1.54) is 11.0 Å². The van der Waals surface area contributed by atoms with Crippen LogP contribution in [0.15, 0.2) is 53.5 Å². The summed E-state index contributed by atoms with van der Waals surface area (Å²) in [4.78, 5) is 26.8. The molecule has 0 radical (unpaired) electrons. The van der Waals surface area contributed by atoms with Gasteiger partial charge in [0.05, 0.1) is 12.3 Å². The second kappa shape index (κ2) is 10.1. The minimum absolute atomic E-state index is 0.249. The van der Waals surface area contributed by atoms with Gasteiger partial charge in [-0.05, 0) is 55.7 Å². The third-order valence-corrected chi connectivity index (χ3v) is 3.91. The fourth-order valence-corrected chi connectivity index (χ4v) is 2.53. The molecule has 2 aromatic carbocycles. The van der Waals surface area contributed by atoms with Crippen LogP contribution in [0.1, 0.15) is 25.0 Å². The van der Waals surface area contributed by atoms with Crippen LogP contribution in [0.3, 0.4) is 0 Å². The molecule has 0 aliphatic carbocycles. The minimum atomic E-state index is -1.18. The number of nitrogens with zero attached hydrogens (tertiary/aromatic N) is 2. The van der Waals surface area contributed by atoms with Crippen LogP contribution in [0.4, 0.5) is 16.2 Å². The summed E-state index contributed by atoms with van der Waals surface area (Å²) in [6.45, 7) is 4.04. The van der Waals surface area contributed by atoms with Crippen molar-refractivity contribution in [1.82, 2.24) is 4.90 Å². The van der Waals surface area contributed by atoms with E-state index in [0.29, 0.717) is 17.9 Å². The molecule has 7 nitrogen and oxygen atoms in total. The molecule has 0 aromatic heterocycles. The van der Waals surface area contributed by atoms with Crippen molar-refractivity contribution in [2.24, 2.45) is 4.99 Å². The first-order valence-electron chi connectivity index (χ1n) is 8.71. The summed E-state index contributed by atoms with van der Waals surface area (Å²) >= 11 is 0. The van der Waals surface area contributed by atoms with Crippen LogP contribution < -0.4 is 5.32 Å². The van der Waals surface area contributed by atoms with Gasteiger partial charge >= 0.3 is 6.09 Å². The highest BCUT2D eigenvalue weighted by Crippen LogP contribution is 2.17. The molecular formula is C20H23N3O4. The predicted molar refractivity (Wildman–Crippen MR) is 103 cm³/mol. The highest BCUT2D eigenvalue weighted by molar-refractivity contribution is 5.68. The Morgan fingerprint density at radius 3 is 2.26 bits per heavy atom. The Bertz CT molecular complexity index is 784. The molecule has 0 saturated carbocycles. The molecule has 0 aliphatic heterocycles. The molecule has 2 rings (SSSR count). The fourth-order valence-electron chi connectivity index (χ4n) is 2.53. The number of hydrogen-bond acceptors (Lipinski definition) is 6. The standard InChI is InChI=1S/C20H23N3O4/c1-3-23(20(26)27-4-2)19(25)22-18-11-7-16(8-12-18)13-15-5-9-17(10-6-15)21-14-24/h5-12,19,22,25H,3-4,13H2,1-2H3. The van der Waals surface area contributed by atoms with Crippen molar-refractivity contribution in [1.29, 1.82) is 0 Å². The van der Waals surface area contributed by atoms with Gasteiger partial charge in [0.2, 0.25) is 12.4 Å². The summed E-state index contributed by atoms with van der Waals surface area (Å²) in [7, 11) is 0. The SMILES string of the molecule is CCOC(=O)N(CC)C(O)Nc1ccc(Cc2ccc(N=C=O)cc2)cc1. The zero-order chi connectivity index (χ0) is 19.6. The molecule has 0 aliphatic rings. The predicted octanol–water partition coefficient (Wildman–Crippen LogP) is 3.41. The maximum Gasteiger partial charge on any atom is 0.413 e. The van der Waals surface area contributed by atoms with Gasteiger partial charge in [-0.3, -0.25) is 4.90 Å². The number of carbonyl (C=O) groups is 1. The number of hydrogen-bond donors (Lipinski definition) is 2. The lowest BCUT2D eigenvalue weighted by Gasteiger charge is -2.27. The number of nitrogens with one attached hydrogen (secondary N) is 1. The largest absolute Gasteiger partial charge is 0.450 e. The van der Waals surface area contributed by atoms with Crippen molar-refractivity contribution < 1.29 is 19.4 Å². The van der Waals surface area contributed by atoms with Crippen LogP contribution >= 0.6 is 0 Å². The number of aliphatic hydroxyl groups excluding tert-OH is 1. The molecule has 0 heterocycles. The molecule has 0 bridgehead atoms. The summed E-state index contributed by atoms with van der Waals surface area (Å²) < 4.78 is 4.92. The van der Waals surface area contributed by atoms with Crippen molar-refractivity contribution >= 4 is 23.5 Å². The zero-order valence-corrected chi connectivity index (χ0v) is 15.4. The van der Waals surface area contributed by atoms with E-state index in [9.17, 15) is 14.7 Å². The van der Waals surface area contributed by atoms with Crippen molar-refractivity contribution in [3.63, 3.8) is 0 Å². The van der Waals surface area contributed by atoms with Gasteiger partial charge in [0.25, 0.3) is 0 Å². The number of aliphatic imine (C=N–C) groups is 1. The average molecular weight is 369 g/mol. The third-order valence-electron chi connectivity index (χ3n) is 3.91. The van der Waals surface area contributed by atoms with Gasteiger partial charge in [-0.1, -0.05) is 24.3 Å². The second-order valence-corrected chi connectivity index (χ2v) is 5.75. The van der Waals surface area contributed by atoms with Gasteiger partial charge in [-0.15, -0.1) is 0 Å². The third kappa shape index (κ3) is 5.95. The highest BCUT2D eigenvalue weighted by Gasteiger charge is 2.20. The normalized spacial score (nSPS) is 11.2. The van der Waals surface area contributed by atoms with E-state index in [1.807, 2.05) is 36.4 Å². The number of aliphatic hydroxyl groups is 1. The van der Waals surface area contributed by atoms with Gasteiger partial charge in [0.1, 0.15) is 0 Å². The van der Waals surface area contributed by atoms with E-state index < -0.39 is 12.4 Å². The number of benzene rings is 2. The number of rotatable bonds is 8. The molecule has 2 N–H and O–H groups in total. The Morgan fingerprint density at radius 1 is 1.15 bits per heavy atom. The van der Waals surface area contributed by atoms with Crippen LogP contribution in [0, 0.1) is 0 Å². The van der Waals surface area contributed by atoms with Crippen LogP contribution in [-0.4, -0.2) is 41.7 Å². The molecule has 1 unspecified atom stereocenters. The van der Waals surface area contributed by atoms with E-state index in [-0.39, 0.29) is 6.61 Å². The number of ether oxygens (including phenoxy) is 1. The number of isocyanates is 1. The van der Waals surface area contributed by atoms with E-state index in [2.05, 4.69) is 10.3 Å². The number of anilines is 1. The van der Waals surface area contributed by atoms with E-state index in [1.54, 1.807) is 26.0 Å². The molecule has 1 amide bonds. The van der Waals surface area contributed by atoms with E-state index in [0.717, 1.165) is 17.5 Å². The Morgan fingerprint density at radius 2 is 1.74 bits per heavy atom. The van der Waals surface area contributed by atoms with Crippen LogP contribution in [0.2, 0.25) is 0 Å². The Labute approximate surface area is 158 Å². The highest BCUT2D eigenvalue weighted by atomic mass is 16.6. The van der Waals surface area contributed by atoms with E-state index >= 15 is 0 Å². The van der Waals surface area contributed by atoms with Crippen molar-refractivity contribution in [2.75, 3.05) is 18.5 Å². The lowest BCUT2D eigenvalue weighted by atomic mass is 10.0. The summed E-state index contributed by atoms with van der Waals surface area (Å²) in [6.07, 6.45) is 0.491. The Kier molecular flexibility index (Phi) is 7.55. The molecule has 27 heavy (non-hydrogen) atoms. The summed E-state index contributed by atoms with van der Waals surface area (Å²) in [5, 5.41) is 13.1. The number of amides is 1. The van der Waals surface area contributed by atoms with Crippen LogP contribution in [0.25, 0.3) is 0 Å². The van der Waals surface area contributed by atoms with Crippen molar-refractivity contribution in [2.45, 2.75) is 26.6 Å². The smallest absolute Gasteiger partial charge is 0.413 e. The van der Waals surface area contributed by atoms with Gasteiger partial charge in [0.15, 0.2) is 0 Å². The van der Waals surface area contributed by atoms with Crippen molar-refractivity contribution in [3.8, 4) is 0 Å². The maximum absolute atomic E-state index is 11.8. The minimum Gasteiger partial charge on any atom is -0.450 e. The first kappa shape index (κ1) is 20.2. The Hall–Kier alpha value is -3.15.